The Balaban J connectivity index is 2.07. The van der Waals surface area contributed by atoms with Crippen LogP contribution in [-0.4, -0.2) is 29.8 Å². The Hall–Kier alpha value is -3.27. The number of anilines is 1. The summed E-state index contributed by atoms with van der Waals surface area (Å²) in [4.78, 5) is 15.1. The fourth-order valence-electron chi connectivity index (χ4n) is 2.62. The topological polar surface area (TPSA) is 118 Å². The summed E-state index contributed by atoms with van der Waals surface area (Å²) in [6, 6.07) is 9.06. The number of rotatable bonds is 6. The molecule has 1 aliphatic carbocycles. The minimum absolute atomic E-state index is 0.200. The van der Waals surface area contributed by atoms with Gasteiger partial charge in [0.2, 0.25) is 0 Å². The van der Waals surface area contributed by atoms with Gasteiger partial charge in [-0.1, -0.05) is 6.07 Å². The van der Waals surface area contributed by atoms with Crippen LogP contribution in [0.5, 0.6) is 11.5 Å². The van der Waals surface area contributed by atoms with E-state index in [9.17, 15) is 10.1 Å². The second kappa shape index (κ2) is 6.69. The van der Waals surface area contributed by atoms with Gasteiger partial charge in [-0.3, -0.25) is 0 Å². The first-order valence-electron chi connectivity index (χ1n) is 7.77. The third-order valence-corrected chi connectivity index (χ3v) is 4.00. The molecule has 2 aromatic rings. The second-order valence-corrected chi connectivity index (χ2v) is 5.79. The van der Waals surface area contributed by atoms with Gasteiger partial charge in [-0.15, -0.1) is 0 Å². The molecule has 0 spiro atoms. The molecule has 1 aliphatic rings. The average molecular weight is 339 g/mol. The van der Waals surface area contributed by atoms with Crippen molar-refractivity contribution in [2.75, 3.05) is 19.5 Å². The quantitative estimate of drug-likeness (QED) is 0.830. The lowest BCUT2D eigenvalue weighted by Gasteiger charge is -2.13. The maximum absolute atomic E-state index is 10.8. The largest absolute Gasteiger partial charge is 0.493 e. The fourth-order valence-corrected chi connectivity index (χ4v) is 2.62. The average Bonchev–Trinajstić information content (AvgIpc) is 3.44. The number of ether oxygens (including phenoxy) is 2. The summed E-state index contributed by atoms with van der Waals surface area (Å²) < 4.78 is 10.5. The van der Waals surface area contributed by atoms with Crippen LogP contribution in [0.2, 0.25) is 0 Å². The summed E-state index contributed by atoms with van der Waals surface area (Å²) in [5.74, 6) is 0.192. The molecule has 7 nitrogen and oxygen atoms in total. The smallest absolute Gasteiger partial charge is 0.341 e. The summed E-state index contributed by atoms with van der Waals surface area (Å²) in [7, 11) is 1.47. The zero-order valence-corrected chi connectivity index (χ0v) is 13.7. The summed E-state index contributed by atoms with van der Waals surface area (Å²) in [6.07, 6.45) is 2.13. The molecule has 1 heterocycles. The molecule has 1 saturated carbocycles. The van der Waals surface area contributed by atoms with Crippen LogP contribution in [-0.2, 0) is 4.79 Å². The summed E-state index contributed by atoms with van der Waals surface area (Å²) >= 11 is 0. The number of nitrogens with zero attached hydrogens (tertiary/aromatic N) is 2. The molecule has 1 fully saturated rings. The van der Waals surface area contributed by atoms with Crippen LogP contribution >= 0.6 is 0 Å². The molecular weight excluding hydrogens is 322 g/mol. The third-order valence-electron chi connectivity index (χ3n) is 4.00. The number of hydrogen-bond donors (Lipinski definition) is 2. The number of aromatic nitrogens is 1. The lowest BCUT2D eigenvalue weighted by Crippen LogP contribution is -2.10. The van der Waals surface area contributed by atoms with E-state index in [2.05, 4.69) is 11.1 Å². The van der Waals surface area contributed by atoms with Crippen molar-refractivity contribution in [3.63, 3.8) is 0 Å². The van der Waals surface area contributed by atoms with E-state index in [-0.39, 0.29) is 11.6 Å². The number of carboxylic acids is 1. The SMILES string of the molecule is COc1ccc(-c2cc(C3CC3)nc(N)c2C#N)cc1OCC(=O)O. The van der Waals surface area contributed by atoms with Crippen LogP contribution in [0.25, 0.3) is 11.1 Å². The molecule has 0 atom stereocenters. The van der Waals surface area contributed by atoms with Gasteiger partial charge < -0.3 is 20.3 Å². The molecule has 0 radical (unpaired) electrons. The Morgan fingerprint density at radius 2 is 2.16 bits per heavy atom. The fraction of sp³-hybridized carbons (Fsp3) is 0.278. The molecule has 0 bridgehead atoms. The molecule has 0 saturated heterocycles. The lowest BCUT2D eigenvalue weighted by molar-refractivity contribution is -0.139. The van der Waals surface area contributed by atoms with Gasteiger partial charge >= 0.3 is 5.97 Å². The molecule has 0 amide bonds. The van der Waals surface area contributed by atoms with E-state index in [0.29, 0.717) is 28.4 Å². The number of methoxy groups -OCH3 is 1. The molecule has 0 unspecified atom stereocenters. The van der Waals surface area contributed by atoms with Crippen LogP contribution in [0.1, 0.15) is 30.0 Å². The van der Waals surface area contributed by atoms with Gasteiger partial charge in [0, 0.05) is 17.2 Å². The van der Waals surface area contributed by atoms with Gasteiger partial charge in [-0.05, 0) is 36.6 Å². The zero-order valence-electron chi connectivity index (χ0n) is 13.7. The van der Waals surface area contributed by atoms with Gasteiger partial charge in [0.05, 0.1) is 7.11 Å². The van der Waals surface area contributed by atoms with Crippen molar-refractivity contribution >= 4 is 11.8 Å². The summed E-state index contributed by atoms with van der Waals surface area (Å²) in [5, 5.41) is 18.3. The first-order chi connectivity index (χ1) is 12.0. The standard InChI is InChI=1S/C18H17N3O4/c1-24-15-5-4-11(6-16(15)25-9-17(22)23)12-7-14(10-2-3-10)21-18(20)13(12)8-19/h4-7,10H,2-3,9H2,1H3,(H2,20,21)(H,22,23). The number of nitriles is 1. The van der Waals surface area contributed by atoms with Crippen molar-refractivity contribution in [2.24, 2.45) is 0 Å². The highest BCUT2D eigenvalue weighted by atomic mass is 16.5. The Bertz CT molecular complexity index is 869. The number of nitrogen functional groups attached to an aromatic ring is 1. The number of pyridine rings is 1. The highest BCUT2D eigenvalue weighted by Crippen LogP contribution is 2.42. The van der Waals surface area contributed by atoms with Crippen LogP contribution in [0.15, 0.2) is 24.3 Å². The van der Waals surface area contributed by atoms with Crippen molar-refractivity contribution in [1.29, 1.82) is 5.26 Å². The maximum atomic E-state index is 10.8. The summed E-state index contributed by atoms with van der Waals surface area (Å²) in [5.41, 5.74) is 8.46. The highest BCUT2D eigenvalue weighted by molar-refractivity contribution is 5.77. The lowest BCUT2D eigenvalue weighted by atomic mass is 9.99. The number of hydrogen-bond acceptors (Lipinski definition) is 6. The van der Waals surface area contributed by atoms with Crippen molar-refractivity contribution in [1.82, 2.24) is 4.98 Å². The zero-order chi connectivity index (χ0) is 18.0. The Morgan fingerprint density at radius 1 is 1.40 bits per heavy atom. The van der Waals surface area contributed by atoms with E-state index < -0.39 is 12.6 Å². The Kier molecular flexibility index (Phi) is 4.44. The number of aliphatic carboxylic acids is 1. The molecular formula is C18H17N3O4. The highest BCUT2D eigenvalue weighted by Gasteiger charge is 2.27. The van der Waals surface area contributed by atoms with E-state index in [0.717, 1.165) is 18.5 Å². The number of nitrogens with two attached hydrogens (primary N) is 1. The minimum atomic E-state index is -1.09. The van der Waals surface area contributed by atoms with Crippen LogP contribution in [0.4, 0.5) is 5.82 Å². The van der Waals surface area contributed by atoms with Crippen molar-refractivity contribution in [3.05, 3.63) is 35.5 Å². The predicted octanol–water partition coefficient (Wildman–Crippen LogP) is 2.55. The molecule has 7 heteroatoms. The first kappa shape index (κ1) is 16.6. The van der Waals surface area contributed by atoms with E-state index in [4.69, 9.17) is 20.3 Å². The van der Waals surface area contributed by atoms with Gasteiger partial charge in [-0.2, -0.15) is 5.26 Å². The van der Waals surface area contributed by atoms with Gasteiger partial charge in [0.25, 0.3) is 0 Å². The van der Waals surface area contributed by atoms with Crippen molar-refractivity contribution in [3.8, 4) is 28.7 Å². The monoisotopic (exact) mass is 339 g/mol. The van der Waals surface area contributed by atoms with E-state index >= 15 is 0 Å². The molecule has 0 aliphatic heterocycles. The Labute approximate surface area is 144 Å². The number of benzene rings is 1. The normalized spacial score (nSPS) is 13.1. The second-order valence-electron chi connectivity index (χ2n) is 5.79. The van der Waals surface area contributed by atoms with Crippen LogP contribution < -0.4 is 15.2 Å². The number of carbonyl (C=O) groups is 1. The van der Waals surface area contributed by atoms with Crippen molar-refractivity contribution < 1.29 is 19.4 Å². The van der Waals surface area contributed by atoms with Gasteiger partial charge in [0.15, 0.2) is 18.1 Å². The summed E-state index contributed by atoms with van der Waals surface area (Å²) in [6.45, 7) is -0.489. The maximum Gasteiger partial charge on any atom is 0.341 e. The van der Waals surface area contributed by atoms with E-state index in [1.54, 1.807) is 18.2 Å². The van der Waals surface area contributed by atoms with Gasteiger partial charge in [0.1, 0.15) is 17.5 Å². The molecule has 1 aromatic heterocycles. The van der Waals surface area contributed by atoms with E-state index in [1.165, 1.54) is 7.11 Å². The Morgan fingerprint density at radius 3 is 2.76 bits per heavy atom. The minimum Gasteiger partial charge on any atom is -0.493 e. The predicted molar refractivity (Wildman–Crippen MR) is 90.5 cm³/mol. The molecule has 1 aromatic carbocycles. The molecule has 3 N–H and O–H groups in total. The number of carboxylic acid groups (broad SMARTS) is 1. The van der Waals surface area contributed by atoms with E-state index in [1.807, 2.05) is 6.07 Å². The van der Waals surface area contributed by atoms with Crippen molar-refractivity contribution in [2.45, 2.75) is 18.8 Å². The first-order valence-corrected chi connectivity index (χ1v) is 7.77. The third kappa shape index (κ3) is 3.48. The molecule has 3 rings (SSSR count). The van der Waals surface area contributed by atoms with Gasteiger partial charge in [-0.25, -0.2) is 9.78 Å². The molecule has 25 heavy (non-hydrogen) atoms. The van der Waals surface area contributed by atoms with Crippen LogP contribution in [0.3, 0.4) is 0 Å². The molecule has 128 valence electrons. The van der Waals surface area contributed by atoms with Crippen LogP contribution in [0, 0.1) is 11.3 Å².